The highest BCUT2D eigenvalue weighted by atomic mass is 32.1. The van der Waals surface area contributed by atoms with Crippen molar-refractivity contribution in [3.8, 4) is 0 Å². The molecule has 2 amide bonds. The number of pyridine rings is 1. The number of nitrogens with zero attached hydrogens (tertiary/aromatic N) is 2. The first-order chi connectivity index (χ1) is 14.8. The fourth-order valence-corrected chi connectivity index (χ4v) is 4.42. The number of para-hydroxylation sites is 1. The van der Waals surface area contributed by atoms with Gasteiger partial charge in [-0.3, -0.25) is 4.90 Å². The number of carbonyl (C=O) groups is 1. The Bertz CT molecular complexity index is 944. The topological polar surface area (TPSA) is 78.5 Å². The number of anilines is 1. The molecule has 1 fully saturated rings. The van der Waals surface area contributed by atoms with Gasteiger partial charge in [0.05, 0.1) is 24.8 Å². The van der Waals surface area contributed by atoms with Gasteiger partial charge in [0.15, 0.2) is 0 Å². The summed E-state index contributed by atoms with van der Waals surface area (Å²) >= 11 is 1.72. The maximum Gasteiger partial charge on any atom is 0.314 e. The lowest BCUT2D eigenvalue weighted by Gasteiger charge is -2.34. The lowest BCUT2D eigenvalue weighted by Crippen LogP contribution is -2.46. The van der Waals surface area contributed by atoms with E-state index in [1.165, 1.54) is 4.88 Å². The standard InChI is InChI=1S/C22H27N5O2S/c28-22(24-10-9-23-21-8-7-17-4-1-2-5-18(17)26-21)25-16-19(20-6-3-15-30-20)27-11-13-29-14-12-27/h1-8,15,19H,9-14,16H2,(H,23,26)(H2,24,25,28). The second-order valence-corrected chi connectivity index (χ2v) is 8.11. The first kappa shape index (κ1) is 20.6. The Balaban J connectivity index is 1.21. The Morgan fingerprint density at radius 1 is 1.07 bits per heavy atom. The van der Waals surface area contributed by atoms with Gasteiger partial charge < -0.3 is 20.7 Å². The number of rotatable bonds is 8. The minimum absolute atomic E-state index is 0.155. The molecule has 0 bridgehead atoms. The van der Waals surface area contributed by atoms with Gasteiger partial charge in [-0.1, -0.05) is 24.3 Å². The predicted molar refractivity (Wildman–Crippen MR) is 121 cm³/mol. The second-order valence-electron chi connectivity index (χ2n) is 7.13. The number of carbonyl (C=O) groups excluding carboxylic acids is 1. The maximum atomic E-state index is 12.3. The van der Waals surface area contributed by atoms with E-state index in [-0.39, 0.29) is 12.1 Å². The Kier molecular flexibility index (Phi) is 7.12. The fourth-order valence-electron chi connectivity index (χ4n) is 3.56. The third-order valence-electron chi connectivity index (χ3n) is 5.13. The number of morpholine rings is 1. The van der Waals surface area contributed by atoms with Gasteiger partial charge in [-0.15, -0.1) is 11.3 Å². The number of benzene rings is 1. The van der Waals surface area contributed by atoms with E-state index in [9.17, 15) is 4.79 Å². The van der Waals surface area contributed by atoms with Crippen molar-refractivity contribution in [1.29, 1.82) is 0 Å². The highest BCUT2D eigenvalue weighted by Crippen LogP contribution is 2.25. The van der Waals surface area contributed by atoms with E-state index in [1.54, 1.807) is 11.3 Å². The van der Waals surface area contributed by atoms with Gasteiger partial charge in [0.1, 0.15) is 5.82 Å². The molecule has 158 valence electrons. The van der Waals surface area contributed by atoms with Gasteiger partial charge in [0, 0.05) is 43.0 Å². The van der Waals surface area contributed by atoms with Crippen molar-refractivity contribution in [1.82, 2.24) is 20.5 Å². The van der Waals surface area contributed by atoms with E-state index < -0.39 is 0 Å². The number of aromatic nitrogens is 1. The Hall–Kier alpha value is -2.68. The summed E-state index contributed by atoms with van der Waals surface area (Å²) in [6.45, 7) is 4.94. The number of ether oxygens (including phenoxy) is 1. The van der Waals surface area contributed by atoms with Crippen LogP contribution in [-0.4, -0.2) is 61.9 Å². The quantitative estimate of drug-likeness (QED) is 0.484. The fraction of sp³-hybridized carbons (Fsp3) is 0.364. The molecule has 3 heterocycles. The van der Waals surface area contributed by atoms with Crippen molar-refractivity contribution in [2.24, 2.45) is 0 Å². The monoisotopic (exact) mass is 425 g/mol. The molecule has 1 aromatic carbocycles. The highest BCUT2D eigenvalue weighted by molar-refractivity contribution is 7.10. The number of urea groups is 1. The molecule has 1 aliphatic rings. The molecule has 0 aliphatic carbocycles. The maximum absolute atomic E-state index is 12.3. The SMILES string of the molecule is O=C(NCCNc1ccc2ccccc2n1)NCC(c1cccs1)N1CCOCC1. The first-order valence-corrected chi connectivity index (χ1v) is 11.1. The first-order valence-electron chi connectivity index (χ1n) is 10.3. The number of hydrogen-bond acceptors (Lipinski definition) is 6. The average molecular weight is 426 g/mol. The van der Waals surface area contributed by atoms with Crippen LogP contribution in [0.1, 0.15) is 10.9 Å². The zero-order valence-corrected chi connectivity index (χ0v) is 17.7. The van der Waals surface area contributed by atoms with Crippen LogP contribution in [0.15, 0.2) is 53.9 Å². The van der Waals surface area contributed by atoms with Crippen molar-refractivity contribution in [2.75, 3.05) is 51.3 Å². The lowest BCUT2D eigenvalue weighted by atomic mass is 10.2. The lowest BCUT2D eigenvalue weighted by molar-refractivity contribution is 0.0174. The smallest absolute Gasteiger partial charge is 0.314 e. The molecule has 1 aliphatic heterocycles. The summed E-state index contributed by atoms with van der Waals surface area (Å²) in [7, 11) is 0. The van der Waals surface area contributed by atoms with E-state index in [0.717, 1.165) is 43.0 Å². The van der Waals surface area contributed by atoms with E-state index in [2.05, 4.69) is 43.3 Å². The van der Waals surface area contributed by atoms with Crippen molar-refractivity contribution in [2.45, 2.75) is 6.04 Å². The molecule has 8 heteroatoms. The predicted octanol–water partition coefficient (Wildman–Crippen LogP) is 3.08. The van der Waals surface area contributed by atoms with Gasteiger partial charge in [-0.05, 0) is 29.6 Å². The van der Waals surface area contributed by atoms with Crippen LogP contribution < -0.4 is 16.0 Å². The van der Waals surface area contributed by atoms with Crippen LogP contribution in [0.3, 0.4) is 0 Å². The van der Waals surface area contributed by atoms with Gasteiger partial charge >= 0.3 is 6.03 Å². The molecule has 2 aromatic heterocycles. The molecule has 1 atom stereocenters. The van der Waals surface area contributed by atoms with E-state index >= 15 is 0 Å². The molecule has 4 rings (SSSR count). The van der Waals surface area contributed by atoms with Crippen molar-refractivity contribution < 1.29 is 9.53 Å². The molecule has 0 spiro atoms. The van der Waals surface area contributed by atoms with Crippen molar-refractivity contribution >= 4 is 34.1 Å². The minimum atomic E-state index is -0.155. The van der Waals surface area contributed by atoms with E-state index in [1.807, 2.05) is 36.4 Å². The van der Waals surface area contributed by atoms with Crippen LogP contribution in [0.25, 0.3) is 10.9 Å². The van der Waals surface area contributed by atoms with Crippen molar-refractivity contribution in [3.63, 3.8) is 0 Å². The van der Waals surface area contributed by atoms with Crippen molar-refractivity contribution in [3.05, 3.63) is 58.8 Å². The van der Waals surface area contributed by atoms with Crippen LogP contribution in [0.4, 0.5) is 10.6 Å². The van der Waals surface area contributed by atoms with Crippen LogP contribution >= 0.6 is 11.3 Å². The molecule has 1 unspecified atom stereocenters. The zero-order valence-electron chi connectivity index (χ0n) is 16.8. The average Bonchev–Trinajstić information content (AvgIpc) is 3.32. The zero-order chi connectivity index (χ0) is 20.6. The van der Waals surface area contributed by atoms with E-state index in [4.69, 9.17) is 4.74 Å². The molecule has 3 aromatic rings. The third-order valence-corrected chi connectivity index (χ3v) is 6.10. The number of amides is 2. The van der Waals surface area contributed by atoms with Gasteiger partial charge in [0.25, 0.3) is 0 Å². The summed E-state index contributed by atoms with van der Waals surface area (Å²) < 4.78 is 5.47. The molecule has 0 saturated carbocycles. The third kappa shape index (κ3) is 5.47. The molecule has 7 nitrogen and oxygen atoms in total. The molecular formula is C22H27N5O2S. The summed E-state index contributed by atoms with van der Waals surface area (Å²) in [5.74, 6) is 0.806. The number of hydrogen-bond donors (Lipinski definition) is 3. The Morgan fingerprint density at radius 2 is 1.93 bits per heavy atom. The Labute approximate surface area is 180 Å². The molecule has 3 N–H and O–H groups in total. The highest BCUT2D eigenvalue weighted by Gasteiger charge is 2.23. The summed E-state index contributed by atoms with van der Waals surface area (Å²) in [6.07, 6.45) is 0. The second kappa shape index (κ2) is 10.4. The van der Waals surface area contributed by atoms with Gasteiger partial charge in [0.2, 0.25) is 0 Å². The van der Waals surface area contributed by atoms with Crippen LogP contribution in [-0.2, 0) is 4.74 Å². The number of thiophene rings is 1. The molecule has 30 heavy (non-hydrogen) atoms. The largest absolute Gasteiger partial charge is 0.379 e. The van der Waals surface area contributed by atoms with Gasteiger partial charge in [-0.2, -0.15) is 0 Å². The minimum Gasteiger partial charge on any atom is -0.379 e. The summed E-state index contributed by atoms with van der Waals surface area (Å²) in [6, 6.07) is 16.2. The summed E-state index contributed by atoms with van der Waals surface area (Å²) in [5, 5.41) is 12.4. The summed E-state index contributed by atoms with van der Waals surface area (Å²) in [5.41, 5.74) is 0.955. The van der Waals surface area contributed by atoms with Gasteiger partial charge in [-0.25, -0.2) is 9.78 Å². The van der Waals surface area contributed by atoms with Crippen LogP contribution in [0, 0.1) is 0 Å². The normalized spacial score (nSPS) is 15.6. The van der Waals surface area contributed by atoms with Crippen LogP contribution in [0.5, 0.6) is 0 Å². The number of fused-ring (bicyclic) bond motifs is 1. The van der Waals surface area contributed by atoms with Crippen LogP contribution in [0.2, 0.25) is 0 Å². The Morgan fingerprint density at radius 3 is 2.77 bits per heavy atom. The van der Waals surface area contributed by atoms with E-state index in [0.29, 0.717) is 19.6 Å². The summed E-state index contributed by atoms with van der Waals surface area (Å²) in [4.78, 5) is 20.5. The molecule has 0 radical (unpaired) electrons. The molecule has 1 saturated heterocycles. The number of nitrogens with one attached hydrogen (secondary N) is 3. The molecular weight excluding hydrogens is 398 g/mol.